The van der Waals surface area contributed by atoms with E-state index in [0.717, 1.165) is 31.4 Å². The van der Waals surface area contributed by atoms with E-state index < -0.39 is 0 Å². The second-order valence-electron chi connectivity index (χ2n) is 7.23. The molecule has 1 amide bonds. The fourth-order valence-electron chi connectivity index (χ4n) is 3.55. The molecule has 0 radical (unpaired) electrons. The number of nitrogens with zero attached hydrogens (tertiary/aromatic N) is 6. The van der Waals surface area contributed by atoms with Crippen molar-refractivity contribution in [2.75, 3.05) is 19.6 Å². The molecule has 1 fully saturated rings. The molecule has 1 aromatic rings. The van der Waals surface area contributed by atoms with E-state index in [0.29, 0.717) is 13.1 Å². The van der Waals surface area contributed by atoms with Crippen molar-refractivity contribution in [1.29, 1.82) is 0 Å². The van der Waals surface area contributed by atoms with Crippen LogP contribution in [0.4, 0.5) is 0 Å². The van der Waals surface area contributed by atoms with E-state index in [1.165, 1.54) is 0 Å². The van der Waals surface area contributed by atoms with Crippen molar-refractivity contribution in [3.05, 3.63) is 12.2 Å². The van der Waals surface area contributed by atoms with Crippen molar-refractivity contribution >= 4 is 35.8 Å². The molecule has 1 aromatic heterocycles. The van der Waals surface area contributed by atoms with E-state index in [4.69, 9.17) is 4.99 Å². The number of aromatic nitrogens is 3. The van der Waals surface area contributed by atoms with Gasteiger partial charge in [0, 0.05) is 25.7 Å². The zero-order valence-corrected chi connectivity index (χ0v) is 19.0. The number of aliphatic imine (C=N–C) groups is 1. The summed E-state index contributed by atoms with van der Waals surface area (Å²) in [5.74, 6) is 1.70. The number of guanidine groups is 1. The number of hydrogen-bond acceptors (Lipinski definition) is 4. The lowest BCUT2D eigenvalue weighted by Gasteiger charge is -2.49. The van der Waals surface area contributed by atoms with Gasteiger partial charge in [-0.15, -0.1) is 34.2 Å². The monoisotopic (exact) mass is 477 g/mol. The van der Waals surface area contributed by atoms with Gasteiger partial charge in [0.25, 0.3) is 0 Å². The SMILES string of the molecule is CCNC(=NCc1nncn1CC)N1CC(=O)N(C(C)C)C(C)(C)C1.I. The van der Waals surface area contributed by atoms with Crippen LogP contribution >= 0.6 is 24.0 Å². The highest BCUT2D eigenvalue weighted by Crippen LogP contribution is 2.24. The van der Waals surface area contributed by atoms with Crippen LogP contribution in [0.15, 0.2) is 11.3 Å². The number of carbonyl (C=O) groups excluding carboxylic acids is 1. The lowest BCUT2D eigenvalue weighted by Crippen LogP contribution is -2.66. The molecule has 0 aliphatic carbocycles. The number of hydrogen-bond donors (Lipinski definition) is 1. The number of nitrogens with one attached hydrogen (secondary N) is 1. The van der Waals surface area contributed by atoms with Crippen LogP contribution in [0.1, 0.15) is 47.4 Å². The van der Waals surface area contributed by atoms with Gasteiger partial charge in [0.2, 0.25) is 5.91 Å². The van der Waals surface area contributed by atoms with Crippen molar-refractivity contribution in [3.8, 4) is 0 Å². The molecule has 1 N–H and O–H groups in total. The Morgan fingerprint density at radius 1 is 1.38 bits per heavy atom. The zero-order chi connectivity index (χ0) is 18.6. The standard InChI is InChI=1S/C17H31N7O.HI/c1-7-18-16(19-9-14-21-20-12-22(14)8-2)23-10-15(25)24(13(3)4)17(5,6)11-23;/h12-13H,7-11H2,1-6H3,(H,18,19);1H. The lowest BCUT2D eigenvalue weighted by atomic mass is 9.96. The Kier molecular flexibility index (Phi) is 8.29. The van der Waals surface area contributed by atoms with Crippen molar-refractivity contribution in [2.24, 2.45) is 4.99 Å². The van der Waals surface area contributed by atoms with Gasteiger partial charge in [-0.05, 0) is 41.5 Å². The molecular weight excluding hydrogens is 445 g/mol. The summed E-state index contributed by atoms with van der Waals surface area (Å²) in [5.41, 5.74) is -0.247. The third-order valence-electron chi connectivity index (χ3n) is 4.38. The number of amides is 1. The van der Waals surface area contributed by atoms with Crippen molar-refractivity contribution < 1.29 is 4.79 Å². The van der Waals surface area contributed by atoms with Crippen LogP contribution in [0.2, 0.25) is 0 Å². The maximum atomic E-state index is 12.7. The Morgan fingerprint density at radius 3 is 2.62 bits per heavy atom. The van der Waals surface area contributed by atoms with E-state index in [1.54, 1.807) is 6.33 Å². The number of carbonyl (C=O) groups is 1. The van der Waals surface area contributed by atoms with Crippen LogP contribution in [0.5, 0.6) is 0 Å². The minimum atomic E-state index is -0.247. The van der Waals surface area contributed by atoms with Gasteiger partial charge < -0.3 is 19.7 Å². The van der Waals surface area contributed by atoms with Crippen LogP contribution < -0.4 is 5.32 Å². The summed E-state index contributed by atoms with van der Waals surface area (Å²) in [5, 5.41) is 11.4. The largest absolute Gasteiger partial charge is 0.356 e. The minimum Gasteiger partial charge on any atom is -0.356 e. The van der Waals surface area contributed by atoms with E-state index in [2.05, 4.69) is 43.2 Å². The first-order chi connectivity index (χ1) is 11.8. The van der Waals surface area contributed by atoms with Crippen LogP contribution in [0.25, 0.3) is 0 Å². The molecule has 1 aliphatic rings. The Morgan fingerprint density at radius 2 is 2.08 bits per heavy atom. The van der Waals surface area contributed by atoms with Gasteiger partial charge in [0.15, 0.2) is 11.8 Å². The van der Waals surface area contributed by atoms with Gasteiger partial charge in [-0.1, -0.05) is 0 Å². The molecule has 0 unspecified atom stereocenters. The predicted octanol–water partition coefficient (Wildman–Crippen LogP) is 1.71. The Bertz CT molecular complexity index is 626. The van der Waals surface area contributed by atoms with E-state index in [-0.39, 0.29) is 41.5 Å². The fourth-order valence-corrected chi connectivity index (χ4v) is 3.55. The molecule has 2 rings (SSSR count). The molecule has 8 nitrogen and oxygen atoms in total. The molecule has 0 aromatic carbocycles. The van der Waals surface area contributed by atoms with Crippen molar-refractivity contribution in [2.45, 2.75) is 66.2 Å². The smallest absolute Gasteiger partial charge is 0.242 e. The number of piperazine rings is 1. The third kappa shape index (κ3) is 5.08. The highest BCUT2D eigenvalue weighted by Gasteiger charge is 2.40. The van der Waals surface area contributed by atoms with E-state index in [9.17, 15) is 4.79 Å². The Balaban J connectivity index is 0.00000338. The van der Waals surface area contributed by atoms with Gasteiger partial charge in [-0.25, -0.2) is 4.99 Å². The van der Waals surface area contributed by atoms with Gasteiger partial charge in [-0.2, -0.15) is 0 Å². The summed E-state index contributed by atoms with van der Waals surface area (Å²) in [6.07, 6.45) is 1.71. The van der Waals surface area contributed by atoms with Gasteiger partial charge in [0.05, 0.1) is 12.1 Å². The second kappa shape index (κ2) is 9.52. The highest BCUT2D eigenvalue weighted by atomic mass is 127. The number of rotatable bonds is 5. The van der Waals surface area contributed by atoms with E-state index >= 15 is 0 Å². The first-order valence-electron chi connectivity index (χ1n) is 9.02. The molecule has 0 saturated carbocycles. The van der Waals surface area contributed by atoms with Gasteiger partial charge in [-0.3, -0.25) is 4.79 Å². The number of aryl methyl sites for hydroxylation is 1. The molecule has 9 heteroatoms. The first-order valence-corrected chi connectivity index (χ1v) is 9.02. The second-order valence-corrected chi connectivity index (χ2v) is 7.23. The van der Waals surface area contributed by atoms with Crippen molar-refractivity contribution in [1.82, 2.24) is 29.9 Å². The number of halogens is 1. The summed E-state index contributed by atoms with van der Waals surface area (Å²) in [7, 11) is 0. The van der Waals surface area contributed by atoms with Crippen LogP contribution in [-0.2, 0) is 17.9 Å². The zero-order valence-electron chi connectivity index (χ0n) is 16.7. The average Bonchev–Trinajstić information content (AvgIpc) is 2.96. The normalized spacial score (nSPS) is 17.5. The Hall–Kier alpha value is -1.39. The van der Waals surface area contributed by atoms with Crippen molar-refractivity contribution in [3.63, 3.8) is 0 Å². The predicted molar refractivity (Wildman–Crippen MR) is 114 cm³/mol. The summed E-state index contributed by atoms with van der Waals surface area (Å²) < 4.78 is 1.97. The summed E-state index contributed by atoms with van der Waals surface area (Å²) >= 11 is 0. The topological polar surface area (TPSA) is 78.6 Å². The summed E-state index contributed by atoms with van der Waals surface area (Å²) in [6.45, 7) is 15.5. The average molecular weight is 477 g/mol. The first kappa shape index (κ1) is 22.7. The van der Waals surface area contributed by atoms with Gasteiger partial charge in [0.1, 0.15) is 12.9 Å². The molecule has 1 aliphatic heterocycles. The lowest BCUT2D eigenvalue weighted by molar-refractivity contribution is -0.145. The van der Waals surface area contributed by atoms with Crippen LogP contribution in [-0.4, -0.2) is 67.6 Å². The molecule has 1 saturated heterocycles. The quantitative estimate of drug-likeness (QED) is 0.397. The third-order valence-corrected chi connectivity index (χ3v) is 4.38. The molecule has 0 spiro atoms. The van der Waals surface area contributed by atoms with E-state index in [1.807, 2.05) is 28.2 Å². The maximum absolute atomic E-state index is 12.7. The Labute approximate surface area is 173 Å². The minimum absolute atomic E-state index is 0. The highest BCUT2D eigenvalue weighted by molar-refractivity contribution is 14.0. The molecule has 0 atom stereocenters. The molecule has 26 heavy (non-hydrogen) atoms. The summed E-state index contributed by atoms with van der Waals surface area (Å²) in [6, 6.07) is 0.187. The van der Waals surface area contributed by atoms with Crippen LogP contribution in [0.3, 0.4) is 0 Å². The summed E-state index contributed by atoms with van der Waals surface area (Å²) in [4.78, 5) is 21.4. The molecular formula is C17H32IN7O. The molecule has 148 valence electrons. The maximum Gasteiger partial charge on any atom is 0.242 e. The molecule has 2 heterocycles. The van der Waals surface area contributed by atoms with Gasteiger partial charge >= 0.3 is 0 Å². The fraction of sp³-hybridized carbons (Fsp3) is 0.765. The van der Waals surface area contributed by atoms with Crippen LogP contribution in [0, 0.1) is 0 Å². The molecule has 0 bridgehead atoms.